The molecule has 2 rings (SSSR count). The van der Waals surface area contributed by atoms with Crippen LogP contribution in [0, 0.1) is 13.8 Å². The van der Waals surface area contributed by atoms with Crippen LogP contribution in [0.2, 0.25) is 10.0 Å². The molecule has 1 atom stereocenters. The van der Waals surface area contributed by atoms with E-state index in [0.717, 1.165) is 26.7 Å². The minimum absolute atomic E-state index is 0.307. The Balaban J connectivity index is 2.52. The van der Waals surface area contributed by atoms with Gasteiger partial charge in [-0.15, -0.1) is 11.6 Å². The highest BCUT2D eigenvalue weighted by atomic mass is 79.9. The summed E-state index contributed by atoms with van der Waals surface area (Å²) >= 11 is 22.3. The fourth-order valence-electron chi connectivity index (χ4n) is 1.95. The maximum Gasteiger partial charge on any atom is 0.0852 e. The van der Waals surface area contributed by atoms with Crippen molar-refractivity contribution in [3.63, 3.8) is 0 Å². The normalized spacial score (nSPS) is 12.5. The molecular formula is C15H12BrCl3. The smallest absolute Gasteiger partial charge is 0.0852 e. The van der Waals surface area contributed by atoms with Crippen LogP contribution in [0.25, 0.3) is 0 Å². The van der Waals surface area contributed by atoms with Crippen molar-refractivity contribution in [2.24, 2.45) is 0 Å². The van der Waals surface area contributed by atoms with Crippen LogP contribution in [0.4, 0.5) is 0 Å². The van der Waals surface area contributed by atoms with E-state index in [1.807, 2.05) is 19.9 Å². The zero-order chi connectivity index (χ0) is 14.2. The van der Waals surface area contributed by atoms with Gasteiger partial charge in [-0.05, 0) is 60.4 Å². The van der Waals surface area contributed by atoms with Crippen molar-refractivity contribution in [1.82, 2.24) is 0 Å². The molecule has 19 heavy (non-hydrogen) atoms. The van der Waals surface area contributed by atoms with Crippen molar-refractivity contribution in [3.8, 4) is 0 Å². The number of halogens is 4. The van der Waals surface area contributed by atoms with Gasteiger partial charge >= 0.3 is 0 Å². The van der Waals surface area contributed by atoms with Crippen LogP contribution >= 0.6 is 50.7 Å². The third-order valence-electron chi connectivity index (χ3n) is 3.05. The van der Waals surface area contributed by atoms with E-state index in [1.54, 1.807) is 12.1 Å². The monoisotopic (exact) mass is 376 g/mol. The van der Waals surface area contributed by atoms with Crippen LogP contribution < -0.4 is 0 Å². The fraction of sp³-hybridized carbons (Fsp3) is 0.200. The summed E-state index contributed by atoms with van der Waals surface area (Å²) in [7, 11) is 0. The van der Waals surface area contributed by atoms with Gasteiger partial charge in [0.25, 0.3) is 0 Å². The Hall–Kier alpha value is -0.210. The maximum absolute atomic E-state index is 6.58. The zero-order valence-corrected chi connectivity index (χ0v) is 14.3. The molecule has 0 nitrogen and oxygen atoms in total. The Morgan fingerprint density at radius 2 is 1.63 bits per heavy atom. The summed E-state index contributed by atoms with van der Waals surface area (Å²) in [5.74, 6) is 0. The summed E-state index contributed by atoms with van der Waals surface area (Å²) < 4.78 is 1.08. The predicted octanol–water partition coefficient (Wildman–Crippen LogP) is 6.70. The molecule has 2 aromatic rings. The average Bonchev–Trinajstić information content (AvgIpc) is 2.36. The molecule has 1 unspecified atom stereocenters. The summed E-state index contributed by atoms with van der Waals surface area (Å²) in [6, 6.07) is 9.50. The number of hydrogen-bond acceptors (Lipinski definition) is 0. The molecule has 0 spiro atoms. The predicted molar refractivity (Wildman–Crippen MR) is 87.8 cm³/mol. The van der Waals surface area contributed by atoms with Crippen molar-refractivity contribution < 1.29 is 0 Å². The number of aryl methyl sites for hydroxylation is 2. The van der Waals surface area contributed by atoms with E-state index < -0.39 is 0 Å². The molecule has 0 aliphatic rings. The minimum Gasteiger partial charge on any atom is -0.113 e. The third kappa shape index (κ3) is 3.28. The first-order valence-electron chi connectivity index (χ1n) is 5.76. The lowest BCUT2D eigenvalue weighted by atomic mass is 9.98. The highest BCUT2D eigenvalue weighted by Crippen LogP contribution is 2.38. The molecular weight excluding hydrogens is 366 g/mol. The first-order valence-corrected chi connectivity index (χ1v) is 7.74. The summed E-state index contributed by atoms with van der Waals surface area (Å²) in [5, 5.41) is 0.957. The molecule has 0 heterocycles. The lowest BCUT2D eigenvalue weighted by molar-refractivity contribution is 1.10. The van der Waals surface area contributed by atoms with Gasteiger partial charge in [0.1, 0.15) is 0 Å². The second kappa shape index (κ2) is 6.05. The first kappa shape index (κ1) is 15.2. The zero-order valence-electron chi connectivity index (χ0n) is 10.5. The Bertz CT molecular complexity index is 623. The number of rotatable bonds is 2. The highest BCUT2D eigenvalue weighted by molar-refractivity contribution is 9.10. The van der Waals surface area contributed by atoms with Gasteiger partial charge in [0.05, 0.1) is 5.38 Å². The molecule has 0 aromatic heterocycles. The van der Waals surface area contributed by atoms with Gasteiger partial charge in [-0.3, -0.25) is 0 Å². The average molecular weight is 379 g/mol. The first-order chi connectivity index (χ1) is 8.90. The molecule has 0 N–H and O–H groups in total. The van der Waals surface area contributed by atoms with Crippen LogP contribution in [-0.4, -0.2) is 0 Å². The Morgan fingerprint density at radius 3 is 2.32 bits per heavy atom. The Labute approximate surface area is 136 Å². The van der Waals surface area contributed by atoms with Crippen LogP contribution in [0.3, 0.4) is 0 Å². The van der Waals surface area contributed by atoms with E-state index in [0.29, 0.717) is 10.0 Å². The maximum atomic E-state index is 6.58. The van der Waals surface area contributed by atoms with Crippen molar-refractivity contribution in [1.29, 1.82) is 0 Å². The summed E-state index contributed by atoms with van der Waals surface area (Å²) in [6.07, 6.45) is 0. The molecule has 0 fully saturated rings. The highest BCUT2D eigenvalue weighted by Gasteiger charge is 2.17. The van der Waals surface area contributed by atoms with Crippen LogP contribution in [-0.2, 0) is 0 Å². The summed E-state index contributed by atoms with van der Waals surface area (Å²) in [5.41, 5.74) is 4.14. The third-order valence-corrected chi connectivity index (χ3v) is 4.96. The Morgan fingerprint density at radius 1 is 0.947 bits per heavy atom. The molecule has 4 heteroatoms. The molecule has 2 aromatic carbocycles. The van der Waals surface area contributed by atoms with Gasteiger partial charge in [0.15, 0.2) is 0 Å². The van der Waals surface area contributed by atoms with Crippen molar-refractivity contribution >= 4 is 50.7 Å². The minimum atomic E-state index is -0.307. The molecule has 0 aliphatic heterocycles. The van der Waals surface area contributed by atoms with Gasteiger partial charge < -0.3 is 0 Å². The van der Waals surface area contributed by atoms with Gasteiger partial charge in [-0.1, -0.05) is 45.2 Å². The number of hydrogen-bond donors (Lipinski definition) is 0. The van der Waals surface area contributed by atoms with Gasteiger partial charge in [-0.25, -0.2) is 0 Å². The Kier molecular flexibility index (Phi) is 4.84. The molecule has 0 amide bonds. The molecule has 0 saturated carbocycles. The largest absolute Gasteiger partial charge is 0.113 e. The quantitative estimate of drug-likeness (QED) is 0.510. The lowest BCUT2D eigenvalue weighted by Gasteiger charge is -2.16. The molecule has 0 aliphatic carbocycles. The van der Waals surface area contributed by atoms with Crippen molar-refractivity contribution in [2.75, 3.05) is 0 Å². The lowest BCUT2D eigenvalue weighted by Crippen LogP contribution is -1.98. The van der Waals surface area contributed by atoms with Crippen molar-refractivity contribution in [3.05, 3.63) is 67.1 Å². The van der Waals surface area contributed by atoms with Crippen LogP contribution in [0.15, 0.2) is 34.8 Å². The number of benzene rings is 2. The SMILES string of the molecule is Cc1cc(C(Cl)c2cc(Cl)ccc2Cl)c(C)cc1Br. The van der Waals surface area contributed by atoms with E-state index in [2.05, 4.69) is 28.1 Å². The van der Waals surface area contributed by atoms with E-state index in [1.165, 1.54) is 0 Å². The summed E-state index contributed by atoms with van der Waals surface area (Å²) in [6.45, 7) is 4.07. The van der Waals surface area contributed by atoms with E-state index in [4.69, 9.17) is 34.8 Å². The molecule has 0 bridgehead atoms. The molecule has 100 valence electrons. The fourth-order valence-corrected chi connectivity index (χ4v) is 3.29. The summed E-state index contributed by atoms with van der Waals surface area (Å²) in [4.78, 5) is 0. The van der Waals surface area contributed by atoms with E-state index >= 15 is 0 Å². The van der Waals surface area contributed by atoms with E-state index in [-0.39, 0.29) is 5.38 Å². The van der Waals surface area contributed by atoms with Gasteiger partial charge in [0.2, 0.25) is 0 Å². The van der Waals surface area contributed by atoms with Crippen LogP contribution in [0.1, 0.15) is 27.6 Å². The van der Waals surface area contributed by atoms with Crippen molar-refractivity contribution in [2.45, 2.75) is 19.2 Å². The topological polar surface area (TPSA) is 0 Å². The molecule has 0 radical (unpaired) electrons. The van der Waals surface area contributed by atoms with Crippen LogP contribution in [0.5, 0.6) is 0 Å². The second-order valence-electron chi connectivity index (χ2n) is 4.49. The second-order valence-corrected chi connectivity index (χ2v) is 6.62. The van der Waals surface area contributed by atoms with Gasteiger partial charge in [0, 0.05) is 14.5 Å². The number of alkyl halides is 1. The van der Waals surface area contributed by atoms with Gasteiger partial charge in [-0.2, -0.15) is 0 Å². The molecule has 0 saturated heterocycles. The van der Waals surface area contributed by atoms with E-state index in [9.17, 15) is 0 Å². The standard InChI is InChI=1S/C15H12BrCl3/c1-8-6-13(16)9(2)5-11(8)15(19)12-7-10(17)3-4-14(12)18/h3-7,15H,1-2H3.